The molecule has 0 amide bonds. The Hall–Kier alpha value is -2.14. The lowest BCUT2D eigenvalue weighted by molar-refractivity contribution is 0.487. The van der Waals surface area contributed by atoms with Crippen LogP contribution in [0.15, 0.2) is 106 Å². The lowest BCUT2D eigenvalue weighted by Gasteiger charge is -2.39. The van der Waals surface area contributed by atoms with Gasteiger partial charge in [0.15, 0.2) is 8.07 Å². The Bertz CT molecular complexity index is 1070. The van der Waals surface area contributed by atoms with Gasteiger partial charge in [-0.15, -0.1) is 0 Å². The summed E-state index contributed by atoms with van der Waals surface area (Å²) in [5.41, 5.74) is 0. The lowest BCUT2D eigenvalue weighted by atomic mass is 10.3. The highest BCUT2D eigenvalue weighted by molar-refractivity contribution is 9.10. The molecule has 0 atom stereocenters. The number of hydrogen-bond acceptors (Lipinski definition) is 1. The molecule has 5 rings (SSSR count). The molecule has 0 fully saturated rings. The van der Waals surface area contributed by atoms with Crippen molar-refractivity contribution < 1.29 is 4.74 Å². The molecular formula is C24H16Br2OSi. The zero-order valence-electron chi connectivity index (χ0n) is 14.9. The van der Waals surface area contributed by atoms with Gasteiger partial charge in [0.2, 0.25) is 0 Å². The summed E-state index contributed by atoms with van der Waals surface area (Å²) in [5.74, 6) is 1.88. The average molecular weight is 508 g/mol. The number of benzene rings is 4. The molecule has 136 valence electrons. The Morgan fingerprint density at radius 3 is 1.39 bits per heavy atom. The molecule has 0 spiro atoms. The van der Waals surface area contributed by atoms with Crippen LogP contribution in [0.25, 0.3) is 0 Å². The van der Waals surface area contributed by atoms with Crippen molar-refractivity contribution >= 4 is 60.7 Å². The van der Waals surface area contributed by atoms with Gasteiger partial charge in [0, 0.05) is 8.95 Å². The van der Waals surface area contributed by atoms with Crippen molar-refractivity contribution in [3.05, 3.63) is 106 Å². The van der Waals surface area contributed by atoms with E-state index in [-0.39, 0.29) is 0 Å². The van der Waals surface area contributed by atoms with Crippen molar-refractivity contribution in [1.29, 1.82) is 0 Å². The third-order valence-electron chi connectivity index (χ3n) is 5.32. The van der Waals surface area contributed by atoms with Gasteiger partial charge in [0.25, 0.3) is 0 Å². The zero-order chi connectivity index (χ0) is 19.1. The van der Waals surface area contributed by atoms with Gasteiger partial charge < -0.3 is 4.74 Å². The van der Waals surface area contributed by atoms with Gasteiger partial charge in [-0.3, -0.25) is 0 Å². The van der Waals surface area contributed by atoms with Gasteiger partial charge in [0.1, 0.15) is 11.5 Å². The van der Waals surface area contributed by atoms with Crippen LogP contribution in [0.3, 0.4) is 0 Å². The molecule has 1 heterocycles. The van der Waals surface area contributed by atoms with Crippen LogP contribution < -0.4 is 25.5 Å². The maximum Gasteiger partial charge on any atom is 0.188 e. The first-order valence-corrected chi connectivity index (χ1v) is 12.7. The van der Waals surface area contributed by atoms with Gasteiger partial charge in [-0.05, 0) is 57.1 Å². The molecule has 0 aliphatic carbocycles. The molecular weight excluding hydrogens is 492 g/mol. The number of fused-ring (bicyclic) bond motifs is 2. The topological polar surface area (TPSA) is 9.23 Å². The molecule has 0 aromatic heterocycles. The standard InChI is InChI=1S/C24H16Br2OSi/c25-17-11-13-21-23(15-17)28(19-7-3-1-4-8-19,20-9-5-2-6-10-20)24-16-18(26)12-14-22(24)27-21/h1-16H. The fraction of sp³-hybridized carbons (Fsp3) is 0. The zero-order valence-corrected chi connectivity index (χ0v) is 19.1. The summed E-state index contributed by atoms with van der Waals surface area (Å²) < 4.78 is 8.51. The molecule has 1 aliphatic rings. The van der Waals surface area contributed by atoms with Crippen LogP contribution in [0.5, 0.6) is 11.5 Å². The number of hydrogen-bond donors (Lipinski definition) is 0. The summed E-state index contributed by atoms with van der Waals surface area (Å²) in [6.07, 6.45) is 0. The molecule has 4 aromatic carbocycles. The van der Waals surface area contributed by atoms with Gasteiger partial charge >= 0.3 is 0 Å². The predicted octanol–water partition coefficient (Wildman–Crippen LogP) is 4.69. The number of ether oxygens (including phenoxy) is 1. The van der Waals surface area contributed by atoms with Crippen LogP contribution in [0.4, 0.5) is 0 Å². The largest absolute Gasteiger partial charge is 0.458 e. The summed E-state index contributed by atoms with van der Waals surface area (Å²) in [4.78, 5) is 0. The summed E-state index contributed by atoms with van der Waals surface area (Å²) in [6, 6.07) is 34.5. The highest BCUT2D eigenvalue weighted by Gasteiger charge is 2.48. The maximum atomic E-state index is 6.38. The van der Waals surface area contributed by atoms with Crippen LogP contribution >= 0.6 is 31.9 Å². The van der Waals surface area contributed by atoms with Crippen LogP contribution in [-0.2, 0) is 0 Å². The molecule has 28 heavy (non-hydrogen) atoms. The second-order valence-electron chi connectivity index (χ2n) is 6.87. The van der Waals surface area contributed by atoms with Crippen LogP contribution in [0, 0.1) is 0 Å². The fourth-order valence-electron chi connectivity index (χ4n) is 4.20. The van der Waals surface area contributed by atoms with Crippen molar-refractivity contribution in [2.75, 3.05) is 0 Å². The summed E-state index contributed by atoms with van der Waals surface area (Å²) in [7, 11) is -2.52. The highest BCUT2D eigenvalue weighted by Crippen LogP contribution is 2.31. The Morgan fingerprint density at radius 1 is 0.536 bits per heavy atom. The lowest BCUT2D eigenvalue weighted by Crippen LogP contribution is -2.76. The Labute approximate surface area is 182 Å². The second-order valence-corrected chi connectivity index (χ2v) is 12.4. The van der Waals surface area contributed by atoms with Gasteiger partial charge in [0.05, 0.1) is 0 Å². The monoisotopic (exact) mass is 506 g/mol. The molecule has 0 saturated heterocycles. The first-order valence-electron chi connectivity index (χ1n) is 9.08. The van der Waals surface area contributed by atoms with Gasteiger partial charge in [-0.25, -0.2) is 0 Å². The van der Waals surface area contributed by atoms with E-state index >= 15 is 0 Å². The maximum absolute atomic E-state index is 6.38. The third-order valence-corrected chi connectivity index (χ3v) is 11.1. The molecule has 0 radical (unpaired) electrons. The quantitative estimate of drug-likeness (QED) is 0.315. The second kappa shape index (κ2) is 7.03. The molecule has 1 aliphatic heterocycles. The molecule has 0 N–H and O–H groups in total. The van der Waals surface area contributed by atoms with E-state index in [9.17, 15) is 0 Å². The SMILES string of the molecule is Brc1ccc2c(c1)[Si](c1ccccc1)(c1ccccc1)c1cc(Br)ccc1O2. The van der Waals surface area contributed by atoms with E-state index < -0.39 is 8.07 Å². The highest BCUT2D eigenvalue weighted by atomic mass is 79.9. The van der Waals surface area contributed by atoms with Crippen LogP contribution in [-0.4, -0.2) is 8.07 Å². The normalized spacial score (nSPS) is 13.9. The van der Waals surface area contributed by atoms with E-state index in [1.54, 1.807) is 0 Å². The number of halogens is 2. The molecule has 1 nitrogen and oxygen atoms in total. The van der Waals surface area contributed by atoms with Crippen LogP contribution in [0.2, 0.25) is 0 Å². The first kappa shape index (κ1) is 17.9. The Morgan fingerprint density at radius 2 is 0.964 bits per heavy atom. The van der Waals surface area contributed by atoms with Crippen molar-refractivity contribution in [1.82, 2.24) is 0 Å². The fourth-order valence-corrected chi connectivity index (χ4v) is 10.3. The van der Waals surface area contributed by atoms with Crippen molar-refractivity contribution in [2.24, 2.45) is 0 Å². The van der Waals surface area contributed by atoms with E-state index in [0.717, 1.165) is 20.4 Å². The van der Waals surface area contributed by atoms with Crippen molar-refractivity contribution in [3.63, 3.8) is 0 Å². The van der Waals surface area contributed by atoms with Crippen LogP contribution in [0.1, 0.15) is 0 Å². The summed E-state index contributed by atoms with van der Waals surface area (Å²) in [5, 5.41) is 5.24. The van der Waals surface area contributed by atoms with E-state index in [0.29, 0.717) is 0 Å². The van der Waals surface area contributed by atoms with Crippen molar-refractivity contribution in [3.8, 4) is 11.5 Å². The average Bonchev–Trinajstić information content (AvgIpc) is 2.74. The molecule has 0 saturated carbocycles. The first-order chi connectivity index (χ1) is 13.7. The number of rotatable bonds is 2. The van der Waals surface area contributed by atoms with E-state index in [2.05, 4.69) is 129 Å². The minimum absolute atomic E-state index is 0.942. The summed E-state index contributed by atoms with van der Waals surface area (Å²) in [6.45, 7) is 0. The van der Waals surface area contributed by atoms with E-state index in [1.807, 2.05) is 0 Å². The van der Waals surface area contributed by atoms with E-state index in [1.165, 1.54) is 20.7 Å². The van der Waals surface area contributed by atoms with E-state index in [4.69, 9.17) is 4.74 Å². The van der Waals surface area contributed by atoms with Crippen molar-refractivity contribution in [2.45, 2.75) is 0 Å². The molecule has 4 heteroatoms. The minimum atomic E-state index is -2.52. The minimum Gasteiger partial charge on any atom is -0.458 e. The van der Waals surface area contributed by atoms with Gasteiger partial charge in [-0.2, -0.15) is 0 Å². The smallest absolute Gasteiger partial charge is 0.188 e. The van der Waals surface area contributed by atoms with Gasteiger partial charge in [-0.1, -0.05) is 92.5 Å². The predicted molar refractivity (Wildman–Crippen MR) is 126 cm³/mol. The molecule has 0 unspecified atom stereocenters. The molecule has 4 aromatic rings. The third kappa shape index (κ3) is 2.71. The molecule has 0 bridgehead atoms. The Kier molecular flexibility index (Phi) is 4.50. The Balaban J connectivity index is 1.99. The summed E-state index contributed by atoms with van der Waals surface area (Å²) >= 11 is 7.40.